The SMILES string of the molecule is CC(Sc1ncc(-c2ccc(F)cc2)[nH]1)C(=O)NCCc1ccccc1. The van der Waals surface area contributed by atoms with Crippen molar-refractivity contribution >= 4 is 17.7 Å². The first-order valence-corrected chi connectivity index (χ1v) is 9.29. The number of halogens is 1. The molecule has 1 aromatic heterocycles. The third kappa shape index (κ3) is 4.95. The van der Waals surface area contributed by atoms with Crippen molar-refractivity contribution in [2.75, 3.05) is 6.54 Å². The van der Waals surface area contributed by atoms with E-state index in [1.54, 1.807) is 18.3 Å². The summed E-state index contributed by atoms with van der Waals surface area (Å²) in [4.78, 5) is 19.7. The van der Waals surface area contributed by atoms with E-state index in [0.29, 0.717) is 11.7 Å². The number of carbonyl (C=O) groups excluding carboxylic acids is 1. The molecule has 2 aromatic carbocycles. The Balaban J connectivity index is 1.50. The first-order chi connectivity index (χ1) is 12.6. The van der Waals surface area contributed by atoms with Gasteiger partial charge in [-0.15, -0.1) is 0 Å². The summed E-state index contributed by atoms with van der Waals surface area (Å²) in [7, 11) is 0. The van der Waals surface area contributed by atoms with Gasteiger partial charge in [0, 0.05) is 6.54 Å². The Labute approximate surface area is 156 Å². The molecular weight excluding hydrogens is 349 g/mol. The van der Waals surface area contributed by atoms with Gasteiger partial charge in [-0.3, -0.25) is 4.79 Å². The lowest BCUT2D eigenvalue weighted by Gasteiger charge is -2.10. The van der Waals surface area contributed by atoms with Crippen molar-refractivity contribution in [3.63, 3.8) is 0 Å². The lowest BCUT2D eigenvalue weighted by molar-refractivity contribution is -0.120. The Morgan fingerprint density at radius 3 is 2.65 bits per heavy atom. The Morgan fingerprint density at radius 2 is 1.92 bits per heavy atom. The van der Waals surface area contributed by atoms with Crippen LogP contribution in [0.4, 0.5) is 4.39 Å². The lowest BCUT2D eigenvalue weighted by atomic mass is 10.1. The maximum absolute atomic E-state index is 13.0. The maximum atomic E-state index is 13.0. The third-order valence-electron chi connectivity index (χ3n) is 3.92. The molecule has 3 aromatic rings. The van der Waals surface area contributed by atoms with E-state index in [0.717, 1.165) is 17.7 Å². The van der Waals surface area contributed by atoms with Crippen LogP contribution in [0.5, 0.6) is 0 Å². The molecular formula is C20H20FN3OS. The van der Waals surface area contributed by atoms with Crippen molar-refractivity contribution in [3.05, 3.63) is 72.2 Å². The molecule has 1 atom stereocenters. The second-order valence-corrected chi connectivity index (χ2v) is 7.23. The first kappa shape index (κ1) is 18.2. The van der Waals surface area contributed by atoms with Crippen LogP contribution in [0, 0.1) is 5.82 Å². The molecule has 2 N–H and O–H groups in total. The molecule has 0 aliphatic rings. The van der Waals surface area contributed by atoms with Gasteiger partial charge < -0.3 is 10.3 Å². The van der Waals surface area contributed by atoms with Crippen molar-refractivity contribution < 1.29 is 9.18 Å². The van der Waals surface area contributed by atoms with Gasteiger partial charge in [0.05, 0.1) is 17.1 Å². The van der Waals surface area contributed by atoms with Crippen molar-refractivity contribution in [2.24, 2.45) is 0 Å². The molecule has 0 aliphatic carbocycles. The largest absolute Gasteiger partial charge is 0.355 e. The average Bonchev–Trinajstić information content (AvgIpc) is 3.11. The number of nitrogens with zero attached hydrogens (tertiary/aromatic N) is 1. The fourth-order valence-electron chi connectivity index (χ4n) is 2.48. The monoisotopic (exact) mass is 369 g/mol. The number of hydrogen-bond donors (Lipinski definition) is 2. The zero-order valence-electron chi connectivity index (χ0n) is 14.4. The van der Waals surface area contributed by atoms with E-state index >= 15 is 0 Å². The minimum absolute atomic E-state index is 0.0225. The summed E-state index contributed by atoms with van der Waals surface area (Å²) in [6.45, 7) is 2.45. The summed E-state index contributed by atoms with van der Waals surface area (Å²) in [6, 6.07) is 16.3. The molecule has 134 valence electrons. The number of hydrogen-bond acceptors (Lipinski definition) is 3. The zero-order valence-corrected chi connectivity index (χ0v) is 15.2. The van der Waals surface area contributed by atoms with E-state index in [1.165, 1.54) is 29.5 Å². The van der Waals surface area contributed by atoms with Crippen LogP contribution in [-0.4, -0.2) is 27.7 Å². The number of rotatable bonds is 7. The van der Waals surface area contributed by atoms with Gasteiger partial charge in [-0.05, 0) is 48.7 Å². The third-order valence-corrected chi connectivity index (χ3v) is 4.92. The summed E-state index contributed by atoms with van der Waals surface area (Å²) in [5, 5.41) is 3.35. The topological polar surface area (TPSA) is 57.8 Å². The molecule has 1 unspecified atom stereocenters. The Morgan fingerprint density at radius 1 is 1.19 bits per heavy atom. The van der Waals surface area contributed by atoms with Crippen molar-refractivity contribution in [2.45, 2.75) is 23.8 Å². The highest BCUT2D eigenvalue weighted by Gasteiger charge is 2.16. The normalized spacial score (nSPS) is 11.9. The Hall–Kier alpha value is -2.60. The van der Waals surface area contributed by atoms with Crippen LogP contribution in [0.2, 0.25) is 0 Å². The van der Waals surface area contributed by atoms with Gasteiger partial charge in [-0.1, -0.05) is 42.1 Å². The minimum Gasteiger partial charge on any atom is -0.355 e. The van der Waals surface area contributed by atoms with Gasteiger partial charge in [0.2, 0.25) is 5.91 Å². The van der Waals surface area contributed by atoms with Gasteiger partial charge in [-0.25, -0.2) is 9.37 Å². The van der Waals surface area contributed by atoms with Gasteiger partial charge in [0.25, 0.3) is 0 Å². The predicted molar refractivity (Wildman–Crippen MR) is 102 cm³/mol. The lowest BCUT2D eigenvalue weighted by Crippen LogP contribution is -2.32. The van der Waals surface area contributed by atoms with Gasteiger partial charge >= 0.3 is 0 Å². The van der Waals surface area contributed by atoms with Crippen molar-refractivity contribution in [1.29, 1.82) is 0 Å². The van der Waals surface area contributed by atoms with Crippen LogP contribution in [0.25, 0.3) is 11.3 Å². The fourth-order valence-corrected chi connectivity index (χ4v) is 3.29. The van der Waals surface area contributed by atoms with Crippen LogP contribution in [0.1, 0.15) is 12.5 Å². The average molecular weight is 369 g/mol. The minimum atomic E-state index is -0.274. The Bertz CT molecular complexity index is 849. The van der Waals surface area contributed by atoms with E-state index in [9.17, 15) is 9.18 Å². The highest BCUT2D eigenvalue weighted by atomic mass is 32.2. The quantitative estimate of drug-likeness (QED) is 0.618. The molecule has 0 spiro atoms. The van der Waals surface area contributed by atoms with Gasteiger partial charge in [0.15, 0.2) is 5.16 Å². The van der Waals surface area contributed by atoms with Crippen molar-refractivity contribution in [1.82, 2.24) is 15.3 Å². The number of H-pyrrole nitrogens is 1. The summed E-state index contributed by atoms with van der Waals surface area (Å²) >= 11 is 1.36. The van der Waals surface area contributed by atoms with Gasteiger partial charge in [0.1, 0.15) is 5.82 Å². The van der Waals surface area contributed by atoms with Crippen LogP contribution in [-0.2, 0) is 11.2 Å². The maximum Gasteiger partial charge on any atom is 0.233 e. The molecule has 0 radical (unpaired) electrons. The van der Waals surface area contributed by atoms with E-state index < -0.39 is 0 Å². The molecule has 0 aliphatic heterocycles. The number of thioether (sulfide) groups is 1. The number of carbonyl (C=O) groups is 1. The number of imidazole rings is 1. The van der Waals surface area contributed by atoms with Crippen LogP contribution in [0.15, 0.2) is 66.0 Å². The second kappa shape index (κ2) is 8.67. The van der Waals surface area contributed by atoms with Crippen LogP contribution < -0.4 is 5.32 Å². The predicted octanol–water partition coefficient (Wildman–Crippen LogP) is 4.06. The molecule has 0 fully saturated rings. The molecule has 0 bridgehead atoms. The van der Waals surface area contributed by atoms with E-state index in [2.05, 4.69) is 15.3 Å². The van der Waals surface area contributed by atoms with Crippen LogP contribution in [0.3, 0.4) is 0 Å². The highest BCUT2D eigenvalue weighted by molar-refractivity contribution is 8.00. The zero-order chi connectivity index (χ0) is 18.4. The molecule has 1 amide bonds. The van der Waals surface area contributed by atoms with Crippen LogP contribution >= 0.6 is 11.8 Å². The summed E-state index contributed by atoms with van der Waals surface area (Å²) in [6.07, 6.45) is 2.50. The summed E-state index contributed by atoms with van der Waals surface area (Å²) in [5.74, 6) is -0.297. The summed E-state index contributed by atoms with van der Waals surface area (Å²) < 4.78 is 13.0. The number of aromatic nitrogens is 2. The van der Waals surface area contributed by atoms with Gasteiger partial charge in [-0.2, -0.15) is 0 Å². The number of aromatic amines is 1. The summed E-state index contributed by atoms with van der Waals surface area (Å²) in [5.41, 5.74) is 2.85. The fraction of sp³-hybridized carbons (Fsp3) is 0.200. The molecule has 0 saturated carbocycles. The molecule has 4 nitrogen and oxygen atoms in total. The first-order valence-electron chi connectivity index (χ1n) is 8.41. The smallest absolute Gasteiger partial charge is 0.233 e. The molecule has 1 heterocycles. The standard InChI is InChI=1S/C20H20FN3OS/c1-14(19(25)22-12-11-15-5-3-2-4-6-15)26-20-23-13-18(24-20)16-7-9-17(21)10-8-16/h2-10,13-14H,11-12H2,1H3,(H,22,25)(H,23,24). The number of benzene rings is 2. The molecule has 3 rings (SSSR count). The second-order valence-electron chi connectivity index (χ2n) is 5.90. The molecule has 26 heavy (non-hydrogen) atoms. The van der Waals surface area contributed by atoms with Crippen molar-refractivity contribution in [3.8, 4) is 11.3 Å². The number of amides is 1. The highest BCUT2D eigenvalue weighted by Crippen LogP contribution is 2.24. The van der Waals surface area contributed by atoms with E-state index in [-0.39, 0.29) is 17.0 Å². The van der Waals surface area contributed by atoms with E-state index in [4.69, 9.17) is 0 Å². The number of nitrogens with one attached hydrogen (secondary N) is 2. The Kier molecular flexibility index (Phi) is 6.07. The molecule has 6 heteroatoms. The van der Waals surface area contributed by atoms with E-state index in [1.807, 2.05) is 37.3 Å². The molecule has 0 saturated heterocycles.